The number of phenolic OH excluding ortho intramolecular Hbond substituents is 1. The number of phenols is 1. The zero-order chi connectivity index (χ0) is 12.6. The molecule has 0 atom stereocenters. The van der Waals surface area contributed by atoms with Crippen molar-refractivity contribution in [1.29, 1.82) is 0 Å². The van der Waals surface area contributed by atoms with Crippen molar-refractivity contribution in [3.8, 4) is 5.75 Å². The van der Waals surface area contributed by atoms with Gasteiger partial charge in [-0.1, -0.05) is 0 Å². The second-order valence-electron chi connectivity index (χ2n) is 3.90. The van der Waals surface area contributed by atoms with Crippen LogP contribution in [0.1, 0.15) is 23.0 Å². The number of hydrogen-bond donors (Lipinski definition) is 1. The topological polar surface area (TPSA) is 51.5 Å². The van der Waals surface area contributed by atoms with Crippen LogP contribution in [0.5, 0.6) is 5.75 Å². The van der Waals surface area contributed by atoms with Crippen LogP contribution in [-0.2, 0) is 11.3 Å². The van der Waals surface area contributed by atoms with E-state index >= 15 is 0 Å². The molecule has 0 aliphatic heterocycles. The van der Waals surface area contributed by atoms with Gasteiger partial charge in [-0.25, -0.2) is 4.79 Å². The molecule has 0 unspecified atom stereocenters. The number of hydrogen-bond acceptors (Lipinski definition) is 3. The highest BCUT2D eigenvalue weighted by atomic mass is 16.5. The van der Waals surface area contributed by atoms with E-state index in [0.29, 0.717) is 5.56 Å². The normalized spacial score (nSPS) is 10.8. The van der Waals surface area contributed by atoms with Gasteiger partial charge in [0.15, 0.2) is 0 Å². The molecule has 0 aliphatic rings. The number of esters is 1. The van der Waals surface area contributed by atoms with Gasteiger partial charge >= 0.3 is 5.97 Å². The largest absolute Gasteiger partial charge is 0.508 e. The Kier molecular flexibility index (Phi) is 2.79. The molecule has 0 aliphatic carbocycles. The number of methoxy groups -OCH3 is 1. The van der Waals surface area contributed by atoms with Crippen LogP contribution in [0.25, 0.3) is 10.9 Å². The molecule has 1 heterocycles. The third kappa shape index (κ3) is 1.65. The van der Waals surface area contributed by atoms with Crippen molar-refractivity contribution < 1.29 is 14.6 Å². The van der Waals surface area contributed by atoms with E-state index in [4.69, 9.17) is 4.74 Å². The first-order chi connectivity index (χ1) is 8.10. The van der Waals surface area contributed by atoms with Crippen molar-refractivity contribution in [3.05, 3.63) is 29.5 Å². The average molecular weight is 233 g/mol. The third-order valence-corrected chi connectivity index (χ3v) is 3.01. The Morgan fingerprint density at radius 3 is 2.76 bits per heavy atom. The van der Waals surface area contributed by atoms with Gasteiger partial charge in [-0.2, -0.15) is 0 Å². The van der Waals surface area contributed by atoms with E-state index in [-0.39, 0.29) is 11.7 Å². The molecule has 4 heteroatoms. The lowest BCUT2D eigenvalue weighted by Crippen LogP contribution is -2.04. The number of carbonyl (C=O) groups excluding carboxylic acids is 1. The van der Waals surface area contributed by atoms with E-state index in [0.717, 1.165) is 23.1 Å². The SMILES string of the molecule is CCn1c(C)c(C(=O)OC)c2cc(O)ccc21. The second kappa shape index (κ2) is 4.13. The molecule has 4 nitrogen and oxygen atoms in total. The summed E-state index contributed by atoms with van der Waals surface area (Å²) < 4.78 is 6.82. The fourth-order valence-corrected chi connectivity index (χ4v) is 2.24. The molecule has 90 valence electrons. The number of aromatic hydroxyl groups is 1. The minimum Gasteiger partial charge on any atom is -0.508 e. The van der Waals surface area contributed by atoms with Gasteiger partial charge in [-0.3, -0.25) is 0 Å². The molecule has 0 saturated carbocycles. The predicted octanol–water partition coefficient (Wildman–Crippen LogP) is 2.46. The number of aromatic nitrogens is 1. The van der Waals surface area contributed by atoms with E-state index in [2.05, 4.69) is 0 Å². The molecular weight excluding hydrogens is 218 g/mol. The summed E-state index contributed by atoms with van der Waals surface area (Å²) in [4.78, 5) is 11.8. The summed E-state index contributed by atoms with van der Waals surface area (Å²) >= 11 is 0. The van der Waals surface area contributed by atoms with Crippen LogP contribution >= 0.6 is 0 Å². The van der Waals surface area contributed by atoms with Crippen LogP contribution in [-0.4, -0.2) is 22.8 Å². The van der Waals surface area contributed by atoms with Crippen LogP contribution in [0.3, 0.4) is 0 Å². The molecule has 2 rings (SSSR count). The third-order valence-electron chi connectivity index (χ3n) is 3.01. The Hall–Kier alpha value is -1.97. The summed E-state index contributed by atoms with van der Waals surface area (Å²) in [6, 6.07) is 5.03. The average Bonchev–Trinajstić information content (AvgIpc) is 2.59. The Bertz CT molecular complexity index is 584. The van der Waals surface area contributed by atoms with Crippen molar-refractivity contribution in [2.75, 3.05) is 7.11 Å². The summed E-state index contributed by atoms with van der Waals surface area (Å²) in [5.41, 5.74) is 2.32. The molecule has 0 amide bonds. The monoisotopic (exact) mass is 233 g/mol. The second-order valence-corrected chi connectivity index (χ2v) is 3.90. The van der Waals surface area contributed by atoms with Gasteiger partial charge in [0.25, 0.3) is 0 Å². The van der Waals surface area contributed by atoms with Crippen LogP contribution < -0.4 is 0 Å². The fourth-order valence-electron chi connectivity index (χ4n) is 2.24. The molecule has 0 spiro atoms. The highest BCUT2D eigenvalue weighted by molar-refractivity contribution is 6.06. The lowest BCUT2D eigenvalue weighted by Gasteiger charge is -2.03. The van der Waals surface area contributed by atoms with Crippen molar-refractivity contribution in [3.63, 3.8) is 0 Å². The summed E-state index contributed by atoms with van der Waals surface area (Å²) in [6.45, 7) is 4.66. The summed E-state index contributed by atoms with van der Waals surface area (Å²) in [5.74, 6) is -0.221. The van der Waals surface area contributed by atoms with Gasteiger partial charge < -0.3 is 14.4 Å². The number of aryl methyl sites for hydroxylation is 1. The van der Waals surface area contributed by atoms with Crippen LogP contribution in [0.2, 0.25) is 0 Å². The van der Waals surface area contributed by atoms with Crippen LogP contribution in [0.15, 0.2) is 18.2 Å². The first-order valence-electron chi connectivity index (χ1n) is 5.50. The maximum atomic E-state index is 11.8. The lowest BCUT2D eigenvalue weighted by atomic mass is 10.1. The highest BCUT2D eigenvalue weighted by Gasteiger charge is 2.19. The summed E-state index contributed by atoms with van der Waals surface area (Å²) in [7, 11) is 1.36. The number of ether oxygens (including phenoxy) is 1. The lowest BCUT2D eigenvalue weighted by molar-refractivity contribution is 0.0602. The van der Waals surface area contributed by atoms with Crippen molar-refractivity contribution in [2.24, 2.45) is 0 Å². The molecule has 1 aromatic carbocycles. The Morgan fingerprint density at radius 1 is 1.47 bits per heavy atom. The molecule has 0 radical (unpaired) electrons. The molecule has 1 aromatic heterocycles. The highest BCUT2D eigenvalue weighted by Crippen LogP contribution is 2.29. The minimum atomic E-state index is -0.370. The maximum absolute atomic E-state index is 11.8. The Labute approximate surface area is 99.4 Å². The van der Waals surface area contributed by atoms with Gasteiger partial charge in [-0.15, -0.1) is 0 Å². The number of fused-ring (bicyclic) bond motifs is 1. The maximum Gasteiger partial charge on any atom is 0.340 e. The van der Waals surface area contributed by atoms with Gasteiger partial charge in [-0.05, 0) is 32.0 Å². The van der Waals surface area contributed by atoms with Crippen molar-refractivity contribution >= 4 is 16.9 Å². The number of rotatable bonds is 2. The summed E-state index contributed by atoms with van der Waals surface area (Å²) in [6.07, 6.45) is 0. The smallest absolute Gasteiger partial charge is 0.340 e. The van der Waals surface area contributed by atoms with Gasteiger partial charge in [0, 0.05) is 23.1 Å². The van der Waals surface area contributed by atoms with Gasteiger partial charge in [0.2, 0.25) is 0 Å². The quantitative estimate of drug-likeness (QED) is 0.811. The zero-order valence-electron chi connectivity index (χ0n) is 10.2. The van der Waals surface area contributed by atoms with Crippen LogP contribution in [0.4, 0.5) is 0 Å². The Morgan fingerprint density at radius 2 is 2.18 bits per heavy atom. The van der Waals surface area contributed by atoms with E-state index in [9.17, 15) is 9.90 Å². The standard InChI is InChI=1S/C13H15NO3/c1-4-14-8(2)12(13(16)17-3)10-7-9(15)5-6-11(10)14/h5-7,15H,4H2,1-3H3. The fraction of sp³-hybridized carbons (Fsp3) is 0.308. The first-order valence-corrected chi connectivity index (χ1v) is 5.50. The molecule has 0 fully saturated rings. The van der Waals surface area contributed by atoms with Crippen molar-refractivity contribution in [1.82, 2.24) is 4.57 Å². The number of carbonyl (C=O) groups is 1. The van der Waals surface area contributed by atoms with E-state index in [1.54, 1.807) is 12.1 Å². The predicted molar refractivity (Wildman–Crippen MR) is 65.4 cm³/mol. The minimum absolute atomic E-state index is 0.149. The molecule has 1 N–H and O–H groups in total. The van der Waals surface area contributed by atoms with Gasteiger partial charge in [0.05, 0.1) is 12.7 Å². The summed E-state index contributed by atoms with van der Waals surface area (Å²) in [5, 5.41) is 10.3. The van der Waals surface area contributed by atoms with E-state index in [1.165, 1.54) is 7.11 Å². The number of benzene rings is 1. The Balaban J connectivity index is 2.85. The molecule has 2 aromatic rings. The van der Waals surface area contributed by atoms with E-state index < -0.39 is 0 Å². The zero-order valence-corrected chi connectivity index (χ0v) is 10.2. The first kappa shape index (κ1) is 11.5. The molecule has 0 saturated heterocycles. The number of nitrogens with zero attached hydrogens (tertiary/aromatic N) is 1. The van der Waals surface area contributed by atoms with Gasteiger partial charge in [0.1, 0.15) is 5.75 Å². The molecule has 17 heavy (non-hydrogen) atoms. The van der Waals surface area contributed by atoms with Crippen LogP contribution in [0, 0.1) is 6.92 Å². The molecule has 0 bridgehead atoms. The van der Waals surface area contributed by atoms with Crippen molar-refractivity contribution in [2.45, 2.75) is 20.4 Å². The molecular formula is C13H15NO3. The van der Waals surface area contributed by atoms with E-state index in [1.807, 2.05) is 24.5 Å².